The second-order valence-corrected chi connectivity index (χ2v) is 8.64. The molecule has 0 spiro atoms. The van der Waals surface area contributed by atoms with Gasteiger partial charge < -0.3 is 25.1 Å². The lowest BCUT2D eigenvalue weighted by atomic mass is 9.88. The largest absolute Gasteiger partial charge is 0.497 e. The van der Waals surface area contributed by atoms with E-state index in [1.54, 1.807) is 37.7 Å². The van der Waals surface area contributed by atoms with Crippen molar-refractivity contribution in [3.8, 4) is 17.3 Å². The highest BCUT2D eigenvalue weighted by atomic mass is 19.1. The van der Waals surface area contributed by atoms with Gasteiger partial charge in [-0.3, -0.25) is 4.79 Å². The number of halogens is 1. The van der Waals surface area contributed by atoms with Gasteiger partial charge in [0.15, 0.2) is 5.82 Å². The Kier molecular flexibility index (Phi) is 8.09. The molecule has 192 valence electrons. The predicted octanol–water partition coefficient (Wildman–Crippen LogP) is 3.76. The summed E-state index contributed by atoms with van der Waals surface area (Å²) >= 11 is 0. The Bertz CT molecular complexity index is 1330. The van der Waals surface area contributed by atoms with Gasteiger partial charge in [-0.2, -0.15) is 0 Å². The summed E-state index contributed by atoms with van der Waals surface area (Å²) in [7, 11) is 1.63. The second kappa shape index (κ2) is 11.6. The number of carbonyl (C=O) groups is 1. The fourth-order valence-corrected chi connectivity index (χ4v) is 4.04. The van der Waals surface area contributed by atoms with Crippen molar-refractivity contribution in [1.29, 1.82) is 0 Å². The summed E-state index contributed by atoms with van der Waals surface area (Å²) in [6.45, 7) is 2.62. The van der Waals surface area contributed by atoms with E-state index in [0.29, 0.717) is 30.4 Å². The summed E-state index contributed by atoms with van der Waals surface area (Å²) in [4.78, 5) is 24.7. The number of anilines is 1. The topological polar surface area (TPSA) is 117 Å². The highest BCUT2D eigenvalue weighted by Crippen LogP contribution is 2.34. The van der Waals surface area contributed by atoms with E-state index in [-0.39, 0.29) is 19.0 Å². The molecule has 1 amide bonds. The summed E-state index contributed by atoms with van der Waals surface area (Å²) in [6.07, 6.45) is 5.68. The molecule has 0 aliphatic heterocycles. The van der Waals surface area contributed by atoms with Gasteiger partial charge in [-0.1, -0.05) is 24.3 Å². The first kappa shape index (κ1) is 25.8. The van der Waals surface area contributed by atoms with Crippen LogP contribution in [0.15, 0.2) is 73.2 Å². The predicted molar refractivity (Wildman–Crippen MR) is 137 cm³/mol. The first-order chi connectivity index (χ1) is 17.9. The van der Waals surface area contributed by atoms with Crippen molar-refractivity contribution in [2.24, 2.45) is 5.73 Å². The van der Waals surface area contributed by atoms with Crippen LogP contribution in [0.3, 0.4) is 0 Å². The van der Waals surface area contributed by atoms with E-state index in [9.17, 15) is 9.18 Å². The van der Waals surface area contributed by atoms with E-state index in [1.807, 2.05) is 42.0 Å². The van der Waals surface area contributed by atoms with Crippen molar-refractivity contribution in [3.05, 3.63) is 90.1 Å². The summed E-state index contributed by atoms with van der Waals surface area (Å²) < 4.78 is 26.4. The second-order valence-electron chi connectivity index (χ2n) is 8.64. The zero-order valence-electron chi connectivity index (χ0n) is 20.7. The van der Waals surface area contributed by atoms with Crippen LogP contribution in [0.25, 0.3) is 11.5 Å². The van der Waals surface area contributed by atoms with E-state index in [0.717, 1.165) is 16.9 Å². The smallest absolute Gasteiger partial charge is 0.243 e. The molecule has 0 fully saturated rings. The number of methoxy groups -OCH3 is 1. The maximum absolute atomic E-state index is 13.7. The third kappa shape index (κ3) is 6.28. The summed E-state index contributed by atoms with van der Waals surface area (Å²) in [5.74, 6) is 0.985. The number of imidazole rings is 1. The number of hydrogen-bond acceptors (Lipinski definition) is 7. The third-order valence-corrected chi connectivity index (χ3v) is 6.11. The first-order valence-electron chi connectivity index (χ1n) is 11.8. The number of nitrogens with zero attached hydrogens (tertiary/aromatic N) is 4. The van der Waals surface area contributed by atoms with Gasteiger partial charge in [0.2, 0.25) is 11.9 Å². The van der Waals surface area contributed by atoms with Crippen molar-refractivity contribution in [3.63, 3.8) is 0 Å². The number of amides is 1. The molecule has 0 bridgehead atoms. The lowest BCUT2D eigenvalue weighted by molar-refractivity contribution is -0.122. The Hall–Kier alpha value is -4.31. The molecule has 2 aromatic carbocycles. The molecule has 4 aromatic rings. The maximum atomic E-state index is 13.7. The average Bonchev–Trinajstić information content (AvgIpc) is 3.41. The van der Waals surface area contributed by atoms with E-state index in [2.05, 4.69) is 20.3 Å². The Labute approximate surface area is 214 Å². The van der Waals surface area contributed by atoms with Crippen molar-refractivity contribution >= 4 is 11.9 Å². The third-order valence-electron chi connectivity index (χ3n) is 6.11. The standard InChI is InChI=1S/C27H29FN6O3/c1-27(12-16-37-18-24(29)35,20-5-7-21(28)8-6-20)34-15-14-30-25(34)23-11-13-31-26(33-23)32-17-19-3-9-22(36-2)10-4-19/h3-11,13-15H,12,16-18H2,1-2H3,(H2,29,35)(H,31,32,33). The van der Waals surface area contributed by atoms with Crippen molar-refractivity contribution in [2.75, 3.05) is 25.6 Å². The molecule has 0 radical (unpaired) electrons. The molecule has 4 rings (SSSR count). The molecule has 0 saturated carbocycles. The quantitative estimate of drug-likeness (QED) is 0.282. The number of nitrogens with two attached hydrogens (primary N) is 1. The fraction of sp³-hybridized carbons (Fsp3) is 0.259. The Balaban J connectivity index is 1.60. The number of rotatable bonds is 12. The number of benzene rings is 2. The van der Waals surface area contributed by atoms with Gasteiger partial charge in [0.25, 0.3) is 0 Å². The summed E-state index contributed by atoms with van der Waals surface area (Å²) in [6, 6.07) is 15.8. The zero-order chi connectivity index (χ0) is 26.3. The molecule has 2 heterocycles. The lowest BCUT2D eigenvalue weighted by Crippen LogP contribution is -2.34. The minimum atomic E-state index is -0.682. The normalized spacial score (nSPS) is 12.6. The van der Waals surface area contributed by atoms with Gasteiger partial charge in [-0.15, -0.1) is 0 Å². The van der Waals surface area contributed by atoms with Gasteiger partial charge >= 0.3 is 0 Å². The molecule has 0 aliphatic carbocycles. The monoisotopic (exact) mass is 504 g/mol. The summed E-state index contributed by atoms with van der Waals surface area (Å²) in [5.41, 5.74) is 7.04. The van der Waals surface area contributed by atoms with Crippen LogP contribution in [0.5, 0.6) is 5.75 Å². The molecule has 0 saturated heterocycles. The minimum absolute atomic E-state index is 0.175. The van der Waals surface area contributed by atoms with E-state index in [4.69, 9.17) is 15.2 Å². The zero-order valence-corrected chi connectivity index (χ0v) is 20.7. The van der Waals surface area contributed by atoms with Crippen LogP contribution >= 0.6 is 0 Å². The number of nitrogens with one attached hydrogen (secondary N) is 1. The molecule has 2 aromatic heterocycles. The van der Waals surface area contributed by atoms with Crippen LogP contribution in [-0.4, -0.2) is 45.7 Å². The minimum Gasteiger partial charge on any atom is -0.497 e. The van der Waals surface area contributed by atoms with Crippen LogP contribution < -0.4 is 15.8 Å². The van der Waals surface area contributed by atoms with Crippen LogP contribution in [0.4, 0.5) is 10.3 Å². The number of ether oxygens (including phenoxy) is 2. The number of aromatic nitrogens is 4. The molecule has 9 nitrogen and oxygen atoms in total. The highest BCUT2D eigenvalue weighted by molar-refractivity contribution is 5.74. The van der Waals surface area contributed by atoms with Gasteiger partial charge in [0, 0.05) is 31.7 Å². The Morgan fingerprint density at radius 1 is 1.08 bits per heavy atom. The molecular formula is C27H29FN6O3. The SMILES string of the molecule is COc1ccc(CNc2nccc(-c3nccn3C(C)(CCOCC(N)=O)c3ccc(F)cc3)n2)cc1. The maximum Gasteiger partial charge on any atom is 0.243 e. The molecule has 1 unspecified atom stereocenters. The molecule has 0 aliphatic rings. The van der Waals surface area contributed by atoms with Crippen molar-refractivity contribution in [2.45, 2.75) is 25.4 Å². The highest BCUT2D eigenvalue weighted by Gasteiger charge is 2.31. The van der Waals surface area contributed by atoms with Crippen molar-refractivity contribution in [1.82, 2.24) is 19.5 Å². The molecule has 37 heavy (non-hydrogen) atoms. The van der Waals surface area contributed by atoms with Crippen LogP contribution in [0.2, 0.25) is 0 Å². The van der Waals surface area contributed by atoms with Gasteiger partial charge in [-0.25, -0.2) is 19.3 Å². The average molecular weight is 505 g/mol. The van der Waals surface area contributed by atoms with Gasteiger partial charge in [0.1, 0.15) is 23.9 Å². The van der Waals surface area contributed by atoms with Crippen molar-refractivity contribution < 1.29 is 18.7 Å². The van der Waals surface area contributed by atoms with E-state index < -0.39 is 11.4 Å². The fourth-order valence-electron chi connectivity index (χ4n) is 4.04. The van der Waals surface area contributed by atoms with Gasteiger partial charge in [0.05, 0.1) is 12.6 Å². The first-order valence-corrected chi connectivity index (χ1v) is 11.8. The molecule has 3 N–H and O–H groups in total. The number of primary amides is 1. The molecule has 10 heteroatoms. The van der Waals surface area contributed by atoms with Crippen LogP contribution in [0, 0.1) is 5.82 Å². The Morgan fingerprint density at radius 2 is 1.84 bits per heavy atom. The summed E-state index contributed by atoms with van der Waals surface area (Å²) in [5, 5.41) is 3.24. The van der Waals surface area contributed by atoms with E-state index >= 15 is 0 Å². The lowest BCUT2D eigenvalue weighted by Gasteiger charge is -2.33. The van der Waals surface area contributed by atoms with Crippen LogP contribution in [0.1, 0.15) is 24.5 Å². The Morgan fingerprint density at radius 3 is 2.54 bits per heavy atom. The molecule has 1 atom stereocenters. The number of hydrogen-bond donors (Lipinski definition) is 2. The van der Waals surface area contributed by atoms with Crippen LogP contribution in [-0.2, 0) is 21.6 Å². The van der Waals surface area contributed by atoms with E-state index in [1.165, 1.54) is 12.1 Å². The molecular weight excluding hydrogens is 475 g/mol. The van der Waals surface area contributed by atoms with Gasteiger partial charge in [-0.05, 0) is 54.8 Å². The number of carbonyl (C=O) groups excluding carboxylic acids is 1.